The highest BCUT2D eigenvalue weighted by atomic mass is 32.1. The number of para-hydroxylation sites is 1. The Morgan fingerprint density at radius 1 is 1.06 bits per heavy atom. The highest BCUT2D eigenvalue weighted by Crippen LogP contribution is 2.56. The van der Waals surface area contributed by atoms with Crippen LogP contribution in [0.2, 0.25) is 0 Å². The van der Waals surface area contributed by atoms with Crippen molar-refractivity contribution in [2.75, 3.05) is 4.90 Å². The zero-order chi connectivity index (χ0) is 23.5. The van der Waals surface area contributed by atoms with E-state index in [2.05, 4.69) is 78.7 Å². The molecule has 0 saturated heterocycles. The standard InChI is InChI=1S/C27H22N2O3S2/c1-26(2)21-6-3-4-7-22(21)28-17-18-16-19(29(30)31)9-11-23(18)32-27(26,28)14-13-20-10-12-25(34-20)24-8-5-15-33-24/h3-16H,17H2,1-2H3/b14-13+. The van der Waals surface area contributed by atoms with Crippen LogP contribution in [0.25, 0.3) is 15.8 Å². The molecule has 4 heterocycles. The van der Waals surface area contributed by atoms with Crippen LogP contribution in [0.15, 0.2) is 78.2 Å². The van der Waals surface area contributed by atoms with Crippen molar-refractivity contribution in [3.05, 3.63) is 104 Å². The van der Waals surface area contributed by atoms with Gasteiger partial charge in [-0.15, -0.1) is 22.7 Å². The van der Waals surface area contributed by atoms with Gasteiger partial charge >= 0.3 is 0 Å². The molecule has 2 aliphatic heterocycles. The van der Waals surface area contributed by atoms with Gasteiger partial charge in [0, 0.05) is 38.0 Å². The molecule has 0 N–H and O–H groups in total. The molecule has 0 amide bonds. The molecule has 6 rings (SSSR count). The van der Waals surface area contributed by atoms with Crippen LogP contribution in [-0.4, -0.2) is 10.6 Å². The molecule has 1 unspecified atom stereocenters. The molecule has 1 atom stereocenters. The Balaban J connectivity index is 1.46. The van der Waals surface area contributed by atoms with E-state index in [4.69, 9.17) is 4.74 Å². The molecular formula is C27H22N2O3S2. The summed E-state index contributed by atoms with van der Waals surface area (Å²) in [7, 11) is 0. The number of thiophene rings is 2. The summed E-state index contributed by atoms with van der Waals surface area (Å²) in [5.41, 5.74) is 2.09. The largest absolute Gasteiger partial charge is 0.463 e. The second-order valence-corrected chi connectivity index (χ2v) is 11.2. The van der Waals surface area contributed by atoms with Gasteiger partial charge in [-0.05, 0) is 67.3 Å². The van der Waals surface area contributed by atoms with Gasteiger partial charge in [-0.25, -0.2) is 0 Å². The van der Waals surface area contributed by atoms with Gasteiger partial charge in [-0.2, -0.15) is 0 Å². The van der Waals surface area contributed by atoms with Crippen molar-refractivity contribution in [1.29, 1.82) is 0 Å². The Hall–Kier alpha value is -3.42. The molecule has 4 aromatic rings. The van der Waals surface area contributed by atoms with Crippen LogP contribution in [0, 0.1) is 10.1 Å². The maximum atomic E-state index is 11.4. The Labute approximate surface area is 205 Å². The lowest BCUT2D eigenvalue weighted by atomic mass is 9.76. The fraction of sp³-hybridized carbons (Fsp3) is 0.185. The minimum Gasteiger partial charge on any atom is -0.463 e. The summed E-state index contributed by atoms with van der Waals surface area (Å²) in [4.78, 5) is 16.9. The van der Waals surface area contributed by atoms with E-state index in [-0.39, 0.29) is 16.0 Å². The van der Waals surface area contributed by atoms with Crippen molar-refractivity contribution in [2.45, 2.75) is 31.5 Å². The van der Waals surface area contributed by atoms with Crippen molar-refractivity contribution >= 4 is 40.1 Å². The number of hydrogen-bond acceptors (Lipinski definition) is 6. The van der Waals surface area contributed by atoms with E-state index >= 15 is 0 Å². The smallest absolute Gasteiger partial charge is 0.270 e. The second kappa shape index (κ2) is 7.55. The van der Waals surface area contributed by atoms with E-state index in [9.17, 15) is 10.1 Å². The maximum Gasteiger partial charge on any atom is 0.270 e. The Bertz CT molecular complexity index is 1440. The van der Waals surface area contributed by atoms with Crippen molar-refractivity contribution < 1.29 is 9.66 Å². The Morgan fingerprint density at radius 2 is 1.91 bits per heavy atom. The molecule has 0 spiro atoms. The van der Waals surface area contributed by atoms with Crippen LogP contribution in [0.1, 0.15) is 29.9 Å². The summed E-state index contributed by atoms with van der Waals surface area (Å²) in [6.07, 6.45) is 4.32. The minimum atomic E-state index is -0.757. The summed E-state index contributed by atoms with van der Waals surface area (Å²) in [6.45, 7) is 4.95. The number of hydrogen-bond donors (Lipinski definition) is 0. The first kappa shape index (κ1) is 21.1. The fourth-order valence-corrected chi connectivity index (χ4v) is 6.84. The van der Waals surface area contributed by atoms with Gasteiger partial charge in [0.05, 0.1) is 16.9 Å². The van der Waals surface area contributed by atoms with Gasteiger partial charge in [0.2, 0.25) is 5.72 Å². The van der Waals surface area contributed by atoms with Crippen LogP contribution in [0.5, 0.6) is 5.75 Å². The molecule has 0 aliphatic carbocycles. The minimum absolute atomic E-state index is 0.0804. The number of rotatable bonds is 4. The van der Waals surface area contributed by atoms with Gasteiger partial charge in [-0.3, -0.25) is 10.1 Å². The average Bonchev–Trinajstić information content (AvgIpc) is 3.56. The lowest BCUT2D eigenvalue weighted by molar-refractivity contribution is -0.385. The van der Waals surface area contributed by atoms with Gasteiger partial charge in [-0.1, -0.05) is 24.3 Å². The number of ether oxygens (including phenoxy) is 1. The topological polar surface area (TPSA) is 55.6 Å². The molecule has 170 valence electrons. The predicted octanol–water partition coefficient (Wildman–Crippen LogP) is 7.48. The van der Waals surface area contributed by atoms with Crippen molar-refractivity contribution in [3.63, 3.8) is 0 Å². The summed E-state index contributed by atoms with van der Waals surface area (Å²) >= 11 is 3.50. The SMILES string of the molecule is CC1(C)c2ccccc2N2Cc3cc([N+](=O)[O-])ccc3OC21/C=C/c1ccc(-c2cccs2)s1. The Kier molecular flexibility index (Phi) is 4.69. The average molecular weight is 487 g/mol. The number of non-ortho nitro benzene ring substituents is 1. The third-order valence-electron chi connectivity index (χ3n) is 6.88. The van der Waals surface area contributed by atoms with Crippen LogP contribution in [-0.2, 0) is 12.0 Å². The monoisotopic (exact) mass is 486 g/mol. The molecule has 2 aromatic carbocycles. The molecule has 0 fully saturated rings. The van der Waals surface area contributed by atoms with Crippen molar-refractivity contribution in [3.8, 4) is 15.5 Å². The van der Waals surface area contributed by atoms with Gasteiger partial charge in [0.1, 0.15) is 5.75 Å². The Morgan fingerprint density at radius 3 is 2.71 bits per heavy atom. The molecular weight excluding hydrogens is 464 g/mol. The van der Waals surface area contributed by atoms with Crippen LogP contribution in [0.4, 0.5) is 11.4 Å². The summed E-state index contributed by atoms with van der Waals surface area (Å²) < 4.78 is 6.80. The number of nitrogens with zero attached hydrogens (tertiary/aromatic N) is 2. The highest BCUT2D eigenvalue weighted by Gasteiger charge is 2.59. The number of nitro benzene ring substituents is 1. The molecule has 0 radical (unpaired) electrons. The van der Waals surface area contributed by atoms with Crippen molar-refractivity contribution in [2.24, 2.45) is 0 Å². The molecule has 2 aromatic heterocycles. The first-order chi connectivity index (χ1) is 16.4. The van der Waals surface area contributed by atoms with E-state index in [0.29, 0.717) is 12.3 Å². The molecule has 2 aliphatic rings. The first-order valence-corrected chi connectivity index (χ1v) is 12.8. The fourth-order valence-electron chi connectivity index (χ4n) is 5.09. The number of benzene rings is 2. The quantitative estimate of drug-likeness (QED) is 0.222. The third kappa shape index (κ3) is 3.04. The van der Waals surface area contributed by atoms with Crippen LogP contribution >= 0.6 is 22.7 Å². The van der Waals surface area contributed by atoms with E-state index < -0.39 is 5.72 Å². The van der Waals surface area contributed by atoms with E-state index in [1.807, 2.05) is 6.07 Å². The molecule has 5 nitrogen and oxygen atoms in total. The summed E-state index contributed by atoms with van der Waals surface area (Å²) in [6, 6.07) is 21.8. The molecule has 34 heavy (non-hydrogen) atoms. The molecule has 0 saturated carbocycles. The lowest BCUT2D eigenvalue weighted by Gasteiger charge is -2.48. The van der Waals surface area contributed by atoms with E-state index in [1.54, 1.807) is 34.8 Å². The lowest BCUT2D eigenvalue weighted by Crippen LogP contribution is -2.60. The first-order valence-electron chi connectivity index (χ1n) is 11.1. The maximum absolute atomic E-state index is 11.4. The highest BCUT2D eigenvalue weighted by molar-refractivity contribution is 7.21. The zero-order valence-electron chi connectivity index (χ0n) is 18.7. The zero-order valence-corrected chi connectivity index (χ0v) is 20.4. The van der Waals surface area contributed by atoms with Gasteiger partial charge < -0.3 is 9.64 Å². The van der Waals surface area contributed by atoms with E-state index in [0.717, 1.165) is 16.1 Å². The normalized spacial score (nSPS) is 20.0. The summed E-state index contributed by atoms with van der Waals surface area (Å²) in [5, 5.41) is 13.5. The molecule has 0 bridgehead atoms. The van der Waals surface area contributed by atoms with Gasteiger partial charge in [0.15, 0.2) is 0 Å². The van der Waals surface area contributed by atoms with Crippen molar-refractivity contribution in [1.82, 2.24) is 0 Å². The second-order valence-electron chi connectivity index (χ2n) is 9.09. The van der Waals surface area contributed by atoms with E-state index in [1.165, 1.54) is 21.4 Å². The number of fused-ring (bicyclic) bond motifs is 4. The molecule has 7 heteroatoms. The van der Waals surface area contributed by atoms with Crippen LogP contribution < -0.4 is 9.64 Å². The van der Waals surface area contributed by atoms with Gasteiger partial charge in [0.25, 0.3) is 5.69 Å². The van der Waals surface area contributed by atoms with Crippen LogP contribution in [0.3, 0.4) is 0 Å². The predicted molar refractivity (Wildman–Crippen MR) is 139 cm³/mol. The number of anilines is 1. The number of nitro groups is 1. The summed E-state index contributed by atoms with van der Waals surface area (Å²) in [5.74, 6) is 0.692. The third-order valence-corrected chi connectivity index (χ3v) is 8.99.